The number of pyridine rings is 1. The molecular formula is C21H18BrN3O3. The Hall–Kier alpha value is -2.93. The Kier molecular flexibility index (Phi) is 4.55. The third-order valence-electron chi connectivity index (χ3n) is 4.55. The molecule has 0 radical (unpaired) electrons. The summed E-state index contributed by atoms with van der Waals surface area (Å²) >= 11 is 3.50. The summed E-state index contributed by atoms with van der Waals surface area (Å²) in [4.78, 5) is 17.7. The smallest absolute Gasteiger partial charge is 0.259 e. The number of nitrogens with one attached hydrogen (secondary N) is 1. The Morgan fingerprint density at radius 1 is 1.11 bits per heavy atom. The van der Waals surface area contributed by atoms with Crippen LogP contribution in [0.4, 0.5) is 5.69 Å². The van der Waals surface area contributed by atoms with Crippen molar-refractivity contribution in [1.82, 2.24) is 10.1 Å². The van der Waals surface area contributed by atoms with Gasteiger partial charge in [0, 0.05) is 10.0 Å². The summed E-state index contributed by atoms with van der Waals surface area (Å²) in [6.07, 6.45) is 0. The van der Waals surface area contributed by atoms with Gasteiger partial charge in [-0.1, -0.05) is 11.2 Å². The number of carbonyl (C=O) groups is 1. The second-order valence-electron chi connectivity index (χ2n) is 6.77. The van der Waals surface area contributed by atoms with Crippen LogP contribution in [0.3, 0.4) is 0 Å². The lowest BCUT2D eigenvalue weighted by Crippen LogP contribution is -2.13. The first-order valence-electron chi connectivity index (χ1n) is 8.75. The number of hydrogen-bond acceptors (Lipinski definition) is 5. The van der Waals surface area contributed by atoms with Crippen molar-refractivity contribution in [3.05, 3.63) is 63.1 Å². The van der Waals surface area contributed by atoms with Crippen LogP contribution in [0.5, 0.6) is 0 Å². The molecule has 1 aromatic carbocycles. The van der Waals surface area contributed by atoms with Crippen molar-refractivity contribution in [3.63, 3.8) is 0 Å². The minimum atomic E-state index is -0.262. The highest BCUT2D eigenvalue weighted by Gasteiger charge is 2.21. The fraction of sp³-hybridized carbons (Fsp3) is 0.190. The number of fused-ring (bicyclic) bond motifs is 1. The Bertz CT molecular complexity index is 1220. The SMILES string of the molecule is Cc1ccc(NC(=O)c2cc(-c3cc(C)oc3C)nc3onc(C)c23)c(Br)c1. The lowest BCUT2D eigenvalue weighted by Gasteiger charge is -2.10. The maximum Gasteiger partial charge on any atom is 0.259 e. The molecule has 0 aliphatic heterocycles. The molecule has 0 aliphatic rings. The molecule has 142 valence electrons. The molecule has 28 heavy (non-hydrogen) atoms. The van der Waals surface area contributed by atoms with Gasteiger partial charge in [0.2, 0.25) is 0 Å². The number of rotatable bonds is 3. The zero-order valence-electron chi connectivity index (χ0n) is 15.9. The van der Waals surface area contributed by atoms with E-state index in [9.17, 15) is 4.79 Å². The highest BCUT2D eigenvalue weighted by Crippen LogP contribution is 2.31. The van der Waals surface area contributed by atoms with E-state index in [1.165, 1.54) is 0 Å². The number of carbonyl (C=O) groups excluding carboxylic acids is 1. The van der Waals surface area contributed by atoms with Crippen molar-refractivity contribution >= 4 is 38.6 Å². The van der Waals surface area contributed by atoms with Crippen LogP contribution in [-0.2, 0) is 0 Å². The van der Waals surface area contributed by atoms with Crippen LogP contribution in [0.25, 0.3) is 22.4 Å². The van der Waals surface area contributed by atoms with Crippen molar-refractivity contribution in [2.45, 2.75) is 27.7 Å². The standard InChI is InChI=1S/C21H18BrN3O3/c1-10-5-6-17(16(22)7-10)23-20(26)15-9-18(14-8-11(2)27-13(14)4)24-21-19(15)12(3)25-28-21/h5-9H,1-4H3,(H,23,26). The molecule has 0 fully saturated rings. The zero-order valence-corrected chi connectivity index (χ0v) is 17.5. The van der Waals surface area contributed by atoms with Crippen LogP contribution < -0.4 is 5.32 Å². The van der Waals surface area contributed by atoms with Gasteiger partial charge in [-0.2, -0.15) is 0 Å². The van der Waals surface area contributed by atoms with Crippen LogP contribution >= 0.6 is 15.9 Å². The number of halogens is 1. The maximum atomic E-state index is 13.1. The molecule has 6 nitrogen and oxygen atoms in total. The van der Waals surface area contributed by atoms with Gasteiger partial charge in [0.1, 0.15) is 11.5 Å². The van der Waals surface area contributed by atoms with Gasteiger partial charge in [0.15, 0.2) is 0 Å². The highest BCUT2D eigenvalue weighted by atomic mass is 79.9. The number of amides is 1. The van der Waals surface area contributed by atoms with E-state index in [0.29, 0.717) is 33.7 Å². The van der Waals surface area contributed by atoms with Crippen LogP contribution in [0.2, 0.25) is 0 Å². The summed E-state index contributed by atoms with van der Waals surface area (Å²) in [7, 11) is 0. The summed E-state index contributed by atoms with van der Waals surface area (Å²) in [5, 5.41) is 7.54. The Labute approximate surface area is 170 Å². The van der Waals surface area contributed by atoms with Crippen molar-refractivity contribution in [1.29, 1.82) is 0 Å². The van der Waals surface area contributed by atoms with Gasteiger partial charge in [-0.25, -0.2) is 4.98 Å². The summed E-state index contributed by atoms with van der Waals surface area (Å²) < 4.78 is 11.8. The molecule has 0 atom stereocenters. The van der Waals surface area contributed by atoms with E-state index in [-0.39, 0.29) is 5.91 Å². The molecule has 1 amide bonds. The van der Waals surface area contributed by atoms with E-state index in [1.54, 1.807) is 13.0 Å². The van der Waals surface area contributed by atoms with Gasteiger partial charge in [0.05, 0.1) is 28.0 Å². The minimum absolute atomic E-state index is 0.262. The van der Waals surface area contributed by atoms with Crippen molar-refractivity contribution in [3.8, 4) is 11.3 Å². The minimum Gasteiger partial charge on any atom is -0.466 e. The molecular weight excluding hydrogens is 422 g/mol. The largest absolute Gasteiger partial charge is 0.466 e. The fourth-order valence-corrected chi connectivity index (χ4v) is 3.80. The van der Waals surface area contributed by atoms with E-state index < -0.39 is 0 Å². The van der Waals surface area contributed by atoms with Crippen LogP contribution in [0.15, 0.2) is 43.7 Å². The average molecular weight is 440 g/mol. The van der Waals surface area contributed by atoms with E-state index in [4.69, 9.17) is 8.94 Å². The first-order valence-corrected chi connectivity index (χ1v) is 9.54. The number of aromatic nitrogens is 2. The molecule has 1 N–H and O–H groups in total. The quantitative estimate of drug-likeness (QED) is 0.440. The number of furan rings is 1. The molecule has 3 heterocycles. The van der Waals surface area contributed by atoms with Crippen molar-refractivity contribution in [2.24, 2.45) is 0 Å². The molecule has 0 saturated carbocycles. The Morgan fingerprint density at radius 2 is 1.89 bits per heavy atom. The van der Waals surface area contributed by atoms with Gasteiger partial charge in [-0.3, -0.25) is 4.79 Å². The summed E-state index contributed by atoms with van der Waals surface area (Å²) in [6.45, 7) is 7.52. The van der Waals surface area contributed by atoms with E-state index >= 15 is 0 Å². The average Bonchev–Trinajstić information content (AvgIpc) is 3.18. The Balaban J connectivity index is 1.83. The van der Waals surface area contributed by atoms with Crippen molar-refractivity contribution < 1.29 is 13.7 Å². The number of nitrogens with zero attached hydrogens (tertiary/aromatic N) is 2. The maximum absolute atomic E-state index is 13.1. The highest BCUT2D eigenvalue weighted by molar-refractivity contribution is 9.10. The summed E-state index contributed by atoms with van der Waals surface area (Å²) in [6, 6.07) is 9.40. The molecule has 4 aromatic rings. The predicted octanol–water partition coefficient (Wildman–Crippen LogP) is 5.73. The Morgan fingerprint density at radius 3 is 2.57 bits per heavy atom. The van der Waals surface area contributed by atoms with E-state index in [0.717, 1.165) is 27.1 Å². The van der Waals surface area contributed by atoms with Crippen LogP contribution in [0.1, 0.15) is 33.1 Å². The molecule has 7 heteroatoms. The molecule has 4 rings (SSSR count). The molecule has 0 bridgehead atoms. The van der Waals surface area contributed by atoms with Gasteiger partial charge < -0.3 is 14.3 Å². The number of hydrogen-bond donors (Lipinski definition) is 1. The van der Waals surface area contributed by atoms with Crippen LogP contribution in [0, 0.1) is 27.7 Å². The number of aryl methyl sites for hydroxylation is 4. The normalized spacial score (nSPS) is 11.2. The van der Waals surface area contributed by atoms with E-state index in [2.05, 4.69) is 31.4 Å². The second kappa shape index (κ2) is 6.91. The molecule has 3 aromatic heterocycles. The first-order chi connectivity index (χ1) is 13.3. The monoisotopic (exact) mass is 439 g/mol. The third-order valence-corrected chi connectivity index (χ3v) is 5.21. The lowest BCUT2D eigenvalue weighted by atomic mass is 10.1. The third kappa shape index (κ3) is 3.22. The molecule has 0 unspecified atom stereocenters. The summed E-state index contributed by atoms with van der Waals surface area (Å²) in [5.41, 5.74) is 4.59. The summed E-state index contributed by atoms with van der Waals surface area (Å²) in [5.74, 6) is 1.24. The fourth-order valence-electron chi connectivity index (χ4n) is 3.21. The van der Waals surface area contributed by atoms with Gasteiger partial charge in [0.25, 0.3) is 11.6 Å². The number of anilines is 1. The second-order valence-corrected chi connectivity index (χ2v) is 7.62. The molecule has 0 aliphatic carbocycles. The first kappa shape index (κ1) is 18.4. The van der Waals surface area contributed by atoms with Gasteiger partial charge in [-0.05, 0) is 73.5 Å². The lowest BCUT2D eigenvalue weighted by molar-refractivity contribution is 0.102. The predicted molar refractivity (Wildman–Crippen MR) is 111 cm³/mol. The van der Waals surface area contributed by atoms with Gasteiger partial charge in [-0.15, -0.1) is 0 Å². The molecule has 0 spiro atoms. The van der Waals surface area contributed by atoms with Crippen molar-refractivity contribution in [2.75, 3.05) is 5.32 Å². The van der Waals surface area contributed by atoms with Gasteiger partial charge >= 0.3 is 0 Å². The molecule has 0 saturated heterocycles. The number of benzene rings is 1. The van der Waals surface area contributed by atoms with Crippen LogP contribution in [-0.4, -0.2) is 16.0 Å². The zero-order chi connectivity index (χ0) is 20.0. The topological polar surface area (TPSA) is 81.2 Å². The van der Waals surface area contributed by atoms with E-state index in [1.807, 2.05) is 45.0 Å².